The number of hydrogen-bond acceptors (Lipinski definition) is 2. The highest BCUT2D eigenvalue weighted by atomic mass is 16.5. The first-order chi connectivity index (χ1) is 9.24. The third-order valence-corrected chi connectivity index (χ3v) is 4.66. The molecule has 0 spiro atoms. The molecule has 1 heterocycles. The largest absolute Gasteiger partial charge is 0.378 e. The van der Waals surface area contributed by atoms with Crippen molar-refractivity contribution in [2.75, 3.05) is 13.2 Å². The molecular weight excluding hydrogens is 234 g/mol. The second-order valence-electron chi connectivity index (χ2n) is 6.26. The van der Waals surface area contributed by atoms with E-state index in [9.17, 15) is 0 Å². The molecule has 19 heavy (non-hydrogen) atoms. The summed E-state index contributed by atoms with van der Waals surface area (Å²) in [6.07, 6.45) is 4.38. The average Bonchev–Trinajstić information content (AvgIpc) is 3.16. The predicted molar refractivity (Wildman–Crippen MR) is 78.2 cm³/mol. The second kappa shape index (κ2) is 5.64. The summed E-state index contributed by atoms with van der Waals surface area (Å²) >= 11 is 0. The maximum absolute atomic E-state index is 5.66. The van der Waals surface area contributed by atoms with Crippen LogP contribution in [0.15, 0.2) is 24.3 Å². The van der Waals surface area contributed by atoms with Crippen LogP contribution < -0.4 is 5.32 Å². The van der Waals surface area contributed by atoms with E-state index in [0.29, 0.717) is 18.1 Å². The van der Waals surface area contributed by atoms with Crippen LogP contribution >= 0.6 is 0 Å². The van der Waals surface area contributed by atoms with Gasteiger partial charge in [-0.2, -0.15) is 0 Å². The lowest BCUT2D eigenvalue weighted by Gasteiger charge is -2.22. The van der Waals surface area contributed by atoms with Gasteiger partial charge in [-0.15, -0.1) is 0 Å². The van der Waals surface area contributed by atoms with E-state index in [-0.39, 0.29) is 0 Å². The van der Waals surface area contributed by atoms with Crippen molar-refractivity contribution in [1.29, 1.82) is 0 Å². The molecule has 1 saturated carbocycles. The average molecular weight is 259 g/mol. The highest BCUT2D eigenvalue weighted by Gasteiger charge is 2.33. The van der Waals surface area contributed by atoms with Gasteiger partial charge in [0.15, 0.2) is 0 Å². The first-order valence-corrected chi connectivity index (χ1v) is 7.65. The molecule has 0 bridgehead atoms. The molecule has 2 fully saturated rings. The van der Waals surface area contributed by atoms with E-state index in [2.05, 4.69) is 43.4 Å². The van der Waals surface area contributed by atoms with Gasteiger partial charge in [-0.05, 0) is 50.5 Å². The van der Waals surface area contributed by atoms with Crippen LogP contribution in [0.25, 0.3) is 0 Å². The molecule has 2 heteroatoms. The van der Waals surface area contributed by atoms with Crippen LogP contribution in [0.1, 0.15) is 43.4 Å². The van der Waals surface area contributed by atoms with Gasteiger partial charge in [-0.1, -0.05) is 29.8 Å². The van der Waals surface area contributed by atoms with Crippen LogP contribution in [-0.2, 0) is 4.74 Å². The molecule has 1 N–H and O–H groups in total. The topological polar surface area (TPSA) is 21.3 Å². The molecule has 3 atom stereocenters. The van der Waals surface area contributed by atoms with E-state index in [1.807, 2.05) is 0 Å². The molecule has 3 unspecified atom stereocenters. The number of benzene rings is 1. The van der Waals surface area contributed by atoms with E-state index in [1.165, 1.54) is 30.4 Å². The van der Waals surface area contributed by atoms with Crippen LogP contribution in [0.3, 0.4) is 0 Å². The quantitative estimate of drug-likeness (QED) is 0.874. The smallest absolute Gasteiger partial charge is 0.0588 e. The van der Waals surface area contributed by atoms with Gasteiger partial charge in [-0.3, -0.25) is 0 Å². The summed E-state index contributed by atoms with van der Waals surface area (Å²) in [7, 11) is 0. The number of aryl methyl sites for hydroxylation is 1. The zero-order valence-electron chi connectivity index (χ0n) is 12.1. The minimum absolute atomic E-state index is 0.422. The zero-order chi connectivity index (χ0) is 13.2. The summed E-state index contributed by atoms with van der Waals surface area (Å²) in [4.78, 5) is 0. The molecule has 2 aliphatic rings. The molecular formula is C17H25NO. The van der Waals surface area contributed by atoms with Crippen molar-refractivity contribution in [2.24, 2.45) is 11.8 Å². The maximum atomic E-state index is 5.66. The Kier molecular flexibility index (Phi) is 3.90. The number of rotatable bonds is 5. The summed E-state index contributed by atoms with van der Waals surface area (Å²) < 4.78 is 5.66. The van der Waals surface area contributed by atoms with Crippen molar-refractivity contribution < 1.29 is 4.74 Å². The second-order valence-corrected chi connectivity index (χ2v) is 6.26. The molecule has 1 aliphatic carbocycles. The fourth-order valence-corrected chi connectivity index (χ4v) is 3.08. The lowest BCUT2D eigenvalue weighted by Crippen LogP contribution is -2.31. The lowest BCUT2D eigenvalue weighted by atomic mass is 9.98. The van der Waals surface area contributed by atoms with Gasteiger partial charge in [0.2, 0.25) is 0 Å². The highest BCUT2D eigenvalue weighted by Crippen LogP contribution is 2.41. The SMILES string of the molecule is Cc1ccc(C(NCC2CCOC2C)C2CC2)cc1. The third-order valence-electron chi connectivity index (χ3n) is 4.66. The van der Waals surface area contributed by atoms with E-state index in [4.69, 9.17) is 4.74 Å². The summed E-state index contributed by atoms with van der Waals surface area (Å²) in [5, 5.41) is 3.81. The molecule has 1 aromatic rings. The van der Waals surface area contributed by atoms with E-state index in [1.54, 1.807) is 0 Å². The van der Waals surface area contributed by atoms with Gasteiger partial charge < -0.3 is 10.1 Å². The Balaban J connectivity index is 1.63. The van der Waals surface area contributed by atoms with Crippen LogP contribution in [-0.4, -0.2) is 19.3 Å². The molecule has 1 saturated heterocycles. The van der Waals surface area contributed by atoms with Crippen LogP contribution in [0.2, 0.25) is 0 Å². The molecule has 1 aromatic carbocycles. The maximum Gasteiger partial charge on any atom is 0.0588 e. The Morgan fingerprint density at radius 3 is 2.53 bits per heavy atom. The zero-order valence-corrected chi connectivity index (χ0v) is 12.1. The normalized spacial score (nSPS) is 28.5. The van der Waals surface area contributed by atoms with Crippen LogP contribution in [0.5, 0.6) is 0 Å². The first-order valence-electron chi connectivity index (χ1n) is 7.65. The number of nitrogens with one attached hydrogen (secondary N) is 1. The summed E-state index contributed by atoms with van der Waals surface area (Å²) in [6, 6.07) is 9.59. The van der Waals surface area contributed by atoms with E-state index < -0.39 is 0 Å². The molecule has 0 radical (unpaired) electrons. The van der Waals surface area contributed by atoms with Gasteiger partial charge in [-0.25, -0.2) is 0 Å². The number of ether oxygens (including phenoxy) is 1. The van der Waals surface area contributed by atoms with Gasteiger partial charge in [0.05, 0.1) is 6.10 Å². The monoisotopic (exact) mass is 259 g/mol. The molecule has 3 rings (SSSR count). The first kappa shape index (κ1) is 13.1. The summed E-state index contributed by atoms with van der Waals surface area (Å²) in [6.45, 7) is 6.39. The Hall–Kier alpha value is -0.860. The molecule has 1 aliphatic heterocycles. The Morgan fingerprint density at radius 2 is 1.95 bits per heavy atom. The fourth-order valence-electron chi connectivity index (χ4n) is 3.08. The highest BCUT2D eigenvalue weighted by molar-refractivity contribution is 5.25. The van der Waals surface area contributed by atoms with Crippen molar-refractivity contribution in [3.05, 3.63) is 35.4 Å². The third kappa shape index (κ3) is 3.18. The summed E-state index contributed by atoms with van der Waals surface area (Å²) in [5.74, 6) is 1.53. The van der Waals surface area contributed by atoms with Crippen molar-refractivity contribution in [1.82, 2.24) is 5.32 Å². The molecule has 2 nitrogen and oxygen atoms in total. The van der Waals surface area contributed by atoms with Crippen molar-refractivity contribution in [2.45, 2.75) is 45.3 Å². The standard InChI is InChI=1S/C17H25NO/c1-12-3-5-14(6-4-12)17(15-7-8-15)18-11-16-9-10-19-13(16)2/h3-6,13,15-18H,7-11H2,1-2H3. The molecule has 104 valence electrons. The molecule has 0 amide bonds. The fraction of sp³-hybridized carbons (Fsp3) is 0.647. The van der Waals surface area contributed by atoms with E-state index in [0.717, 1.165) is 19.1 Å². The minimum Gasteiger partial charge on any atom is -0.378 e. The Morgan fingerprint density at radius 1 is 1.21 bits per heavy atom. The van der Waals surface area contributed by atoms with Gasteiger partial charge in [0.1, 0.15) is 0 Å². The Bertz CT molecular complexity index is 410. The number of hydrogen-bond donors (Lipinski definition) is 1. The molecule has 0 aromatic heterocycles. The predicted octanol–water partition coefficient (Wildman–Crippen LogP) is 3.46. The lowest BCUT2D eigenvalue weighted by molar-refractivity contribution is 0.104. The van der Waals surface area contributed by atoms with Gasteiger partial charge in [0.25, 0.3) is 0 Å². The van der Waals surface area contributed by atoms with Crippen LogP contribution in [0.4, 0.5) is 0 Å². The Labute approximate surface area is 116 Å². The van der Waals surface area contributed by atoms with Crippen molar-refractivity contribution in [3.63, 3.8) is 0 Å². The van der Waals surface area contributed by atoms with Crippen LogP contribution in [0, 0.1) is 18.8 Å². The van der Waals surface area contributed by atoms with E-state index >= 15 is 0 Å². The van der Waals surface area contributed by atoms with Crippen molar-refractivity contribution >= 4 is 0 Å². The minimum atomic E-state index is 0.422. The van der Waals surface area contributed by atoms with Gasteiger partial charge >= 0.3 is 0 Å². The van der Waals surface area contributed by atoms with Gasteiger partial charge in [0, 0.05) is 19.2 Å². The summed E-state index contributed by atoms with van der Waals surface area (Å²) in [5.41, 5.74) is 2.80. The van der Waals surface area contributed by atoms with Crippen molar-refractivity contribution in [3.8, 4) is 0 Å².